The van der Waals surface area contributed by atoms with E-state index in [4.69, 9.17) is 4.74 Å². The molecule has 0 bridgehead atoms. The first kappa shape index (κ1) is 25.1. The predicted molar refractivity (Wildman–Crippen MR) is 129 cm³/mol. The van der Waals surface area contributed by atoms with Crippen LogP contribution in [0.1, 0.15) is 62.5 Å². The highest BCUT2D eigenvalue weighted by atomic mass is 19.3. The maximum atomic E-state index is 15.1. The van der Waals surface area contributed by atoms with Crippen LogP contribution in [0.4, 0.5) is 17.6 Å². The zero-order valence-corrected chi connectivity index (χ0v) is 19.7. The van der Waals surface area contributed by atoms with Crippen LogP contribution >= 0.6 is 0 Å². The van der Waals surface area contributed by atoms with E-state index in [1.54, 1.807) is 30.3 Å². The lowest BCUT2D eigenvalue weighted by molar-refractivity contribution is -0.185. The summed E-state index contributed by atoms with van der Waals surface area (Å²) in [5.74, 6) is 1.20. The van der Waals surface area contributed by atoms with E-state index in [1.807, 2.05) is 0 Å². The van der Waals surface area contributed by atoms with Crippen LogP contribution < -0.4 is 9.47 Å². The van der Waals surface area contributed by atoms with Crippen molar-refractivity contribution in [2.75, 3.05) is 0 Å². The largest absolute Gasteiger partial charge is 0.435 e. The second-order valence-corrected chi connectivity index (χ2v) is 9.15. The van der Waals surface area contributed by atoms with Gasteiger partial charge in [-0.15, -0.1) is 0 Å². The van der Waals surface area contributed by atoms with Gasteiger partial charge in [0.05, 0.1) is 5.56 Å². The summed E-state index contributed by atoms with van der Waals surface area (Å²) in [6, 6.07) is 18.7. The van der Waals surface area contributed by atoms with Crippen molar-refractivity contribution in [3.8, 4) is 22.6 Å². The smallest absolute Gasteiger partial charge is 0.426 e. The summed E-state index contributed by atoms with van der Waals surface area (Å²) in [5.41, 5.74) is 1.87. The fourth-order valence-electron chi connectivity index (χ4n) is 4.95. The second-order valence-electron chi connectivity index (χ2n) is 9.15. The van der Waals surface area contributed by atoms with Gasteiger partial charge in [-0.25, -0.2) is 0 Å². The molecule has 3 aromatic carbocycles. The molecule has 0 radical (unpaired) electrons. The van der Waals surface area contributed by atoms with Crippen molar-refractivity contribution in [3.05, 3.63) is 83.9 Å². The van der Waals surface area contributed by atoms with E-state index >= 15 is 8.78 Å². The van der Waals surface area contributed by atoms with E-state index < -0.39 is 12.7 Å². The van der Waals surface area contributed by atoms with Gasteiger partial charge in [-0.3, -0.25) is 0 Å². The molecule has 0 unspecified atom stereocenters. The van der Waals surface area contributed by atoms with Crippen LogP contribution in [0.25, 0.3) is 11.1 Å². The number of rotatable bonds is 9. The molecule has 0 N–H and O–H groups in total. The molecule has 0 aliphatic heterocycles. The average molecular weight is 487 g/mol. The molecule has 0 aromatic heterocycles. The van der Waals surface area contributed by atoms with Crippen molar-refractivity contribution in [2.24, 2.45) is 5.92 Å². The minimum Gasteiger partial charge on any atom is -0.435 e. The van der Waals surface area contributed by atoms with Gasteiger partial charge in [0.2, 0.25) is 0 Å². The Morgan fingerprint density at radius 2 is 1.51 bits per heavy atom. The highest BCUT2D eigenvalue weighted by molar-refractivity contribution is 5.71. The second kappa shape index (κ2) is 11.1. The molecule has 0 amide bonds. The van der Waals surface area contributed by atoms with Gasteiger partial charge >= 0.3 is 12.7 Å². The first-order valence-corrected chi connectivity index (χ1v) is 12.2. The topological polar surface area (TPSA) is 18.5 Å². The lowest BCUT2D eigenvalue weighted by Crippen LogP contribution is -2.22. The van der Waals surface area contributed by atoms with Gasteiger partial charge < -0.3 is 9.47 Å². The molecule has 35 heavy (non-hydrogen) atoms. The third-order valence-electron chi connectivity index (χ3n) is 6.78. The van der Waals surface area contributed by atoms with E-state index in [9.17, 15) is 8.78 Å². The van der Waals surface area contributed by atoms with Crippen LogP contribution in [-0.2, 0) is 6.11 Å². The third kappa shape index (κ3) is 6.36. The summed E-state index contributed by atoms with van der Waals surface area (Å²) in [5, 5.41) is 0. The molecule has 6 heteroatoms. The van der Waals surface area contributed by atoms with Crippen LogP contribution in [0.15, 0.2) is 72.8 Å². The van der Waals surface area contributed by atoms with E-state index in [-0.39, 0.29) is 17.1 Å². The highest BCUT2D eigenvalue weighted by Crippen LogP contribution is 2.40. The number of ether oxygens (including phenoxy) is 2. The van der Waals surface area contributed by atoms with Crippen LogP contribution in [0.3, 0.4) is 0 Å². The molecule has 0 saturated heterocycles. The Balaban J connectivity index is 1.47. The summed E-state index contributed by atoms with van der Waals surface area (Å²) in [4.78, 5) is 0. The van der Waals surface area contributed by atoms with Crippen molar-refractivity contribution < 1.29 is 27.0 Å². The Bertz CT molecular complexity index is 1070. The summed E-state index contributed by atoms with van der Waals surface area (Å²) < 4.78 is 64.6. The molecular weight excluding hydrogens is 456 g/mol. The van der Waals surface area contributed by atoms with Crippen molar-refractivity contribution in [1.82, 2.24) is 0 Å². The quantitative estimate of drug-likeness (QED) is 0.281. The van der Waals surface area contributed by atoms with Crippen molar-refractivity contribution >= 4 is 0 Å². The SMILES string of the molecule is CCCC1CCC(c2ccc(C(F)(F)Oc3ccccc3-c3ccc(OC(F)F)cc3)cc2)CC1. The Morgan fingerprint density at radius 1 is 0.857 bits per heavy atom. The molecule has 1 aliphatic carbocycles. The minimum absolute atomic E-state index is 0.00153. The van der Waals surface area contributed by atoms with Gasteiger partial charge in [-0.1, -0.05) is 62.2 Å². The predicted octanol–water partition coefficient (Wildman–Crippen LogP) is 9.16. The van der Waals surface area contributed by atoms with Gasteiger partial charge in [0.25, 0.3) is 0 Å². The molecule has 0 atom stereocenters. The van der Waals surface area contributed by atoms with Crippen LogP contribution in [0.5, 0.6) is 11.5 Å². The van der Waals surface area contributed by atoms with E-state index in [2.05, 4.69) is 11.7 Å². The Labute approximate surface area is 203 Å². The normalized spacial score (nSPS) is 18.5. The van der Waals surface area contributed by atoms with Crippen molar-refractivity contribution in [2.45, 2.75) is 64.1 Å². The third-order valence-corrected chi connectivity index (χ3v) is 6.78. The van der Waals surface area contributed by atoms with Crippen molar-refractivity contribution in [3.63, 3.8) is 0 Å². The number of benzene rings is 3. The molecular formula is C29H30F4O2. The standard InChI is InChI=1S/C29H30F4O2/c1-2-5-20-8-10-21(11-9-20)22-12-16-24(17-13-22)29(32,33)35-27-7-4-3-6-26(27)23-14-18-25(19-15-23)34-28(30)31/h3-4,6-7,12-21,28H,2,5,8-11H2,1H3. The first-order chi connectivity index (χ1) is 16.9. The van der Waals surface area contributed by atoms with Crippen molar-refractivity contribution in [1.29, 1.82) is 0 Å². The molecule has 2 nitrogen and oxygen atoms in total. The molecule has 1 saturated carbocycles. The van der Waals surface area contributed by atoms with Crippen LogP contribution in [0, 0.1) is 5.92 Å². The summed E-state index contributed by atoms with van der Waals surface area (Å²) in [6.45, 7) is -0.717. The molecule has 0 heterocycles. The first-order valence-electron chi connectivity index (χ1n) is 12.2. The molecule has 3 aromatic rings. The van der Waals surface area contributed by atoms with E-state index in [0.29, 0.717) is 17.0 Å². The summed E-state index contributed by atoms with van der Waals surface area (Å²) in [6.07, 6.45) is 3.55. The molecule has 1 fully saturated rings. The molecule has 1 aliphatic rings. The van der Waals surface area contributed by atoms with Crippen LogP contribution in [-0.4, -0.2) is 6.61 Å². The van der Waals surface area contributed by atoms with Crippen LogP contribution in [0.2, 0.25) is 0 Å². The number of halogens is 4. The number of hydrogen-bond donors (Lipinski definition) is 0. The van der Waals surface area contributed by atoms with Gasteiger partial charge in [-0.2, -0.15) is 17.6 Å². The lowest BCUT2D eigenvalue weighted by atomic mass is 9.77. The number of alkyl halides is 4. The maximum absolute atomic E-state index is 15.1. The van der Waals surface area contributed by atoms with Gasteiger partial charge in [0.15, 0.2) is 0 Å². The minimum atomic E-state index is -3.54. The lowest BCUT2D eigenvalue weighted by Gasteiger charge is -2.29. The monoisotopic (exact) mass is 486 g/mol. The fourth-order valence-corrected chi connectivity index (χ4v) is 4.95. The Kier molecular flexibility index (Phi) is 7.99. The zero-order valence-electron chi connectivity index (χ0n) is 19.7. The van der Waals surface area contributed by atoms with Gasteiger partial charge in [0.1, 0.15) is 11.5 Å². The fraction of sp³-hybridized carbons (Fsp3) is 0.379. The van der Waals surface area contributed by atoms with Gasteiger partial charge in [0, 0.05) is 5.56 Å². The Hall–Kier alpha value is -3.02. The molecule has 0 spiro atoms. The van der Waals surface area contributed by atoms with Gasteiger partial charge in [-0.05, 0) is 79.0 Å². The average Bonchev–Trinajstić information content (AvgIpc) is 2.85. The number of hydrogen-bond acceptors (Lipinski definition) is 2. The maximum Gasteiger partial charge on any atom is 0.426 e. The molecule has 186 valence electrons. The molecule has 4 rings (SSSR count). The van der Waals surface area contributed by atoms with E-state index in [1.165, 1.54) is 68.1 Å². The Morgan fingerprint density at radius 3 is 2.14 bits per heavy atom. The zero-order chi connectivity index (χ0) is 24.8. The summed E-state index contributed by atoms with van der Waals surface area (Å²) >= 11 is 0. The highest BCUT2D eigenvalue weighted by Gasteiger charge is 2.35. The summed E-state index contributed by atoms with van der Waals surface area (Å²) in [7, 11) is 0. The van der Waals surface area contributed by atoms with E-state index in [0.717, 1.165) is 24.3 Å². The number of para-hydroxylation sites is 1.